The maximum atomic E-state index is 6.46. The zero-order valence-corrected chi connectivity index (χ0v) is 28.2. The Morgan fingerprint density at radius 2 is 0.980 bits per heavy atom. The van der Waals surface area contributed by atoms with E-state index in [-0.39, 0.29) is 10.8 Å². The molecule has 0 fully saturated rings. The van der Waals surface area contributed by atoms with E-state index in [9.17, 15) is 0 Å². The molecular weight excluding hydrogens is 615 g/mol. The highest BCUT2D eigenvalue weighted by atomic mass is 32.2. The first-order valence-electron chi connectivity index (χ1n) is 16.9. The minimum atomic E-state index is -0.388. The molecule has 0 aromatic heterocycles. The standard InChI is InChI=1S/C46H33NOS/c1-45(2)37-20-10-12-22-41(37)48-42-27-25-31(28-40(42)45)47(30-14-4-3-5-15-30)32-24-26-39-44(29-32)49-43-23-13-11-21-38(43)46(39)35-18-8-6-16-33(35)34-17-7-9-19-36(34)46/h3-29H,1-2H3. The van der Waals surface area contributed by atoms with Gasteiger partial charge in [-0.25, -0.2) is 0 Å². The van der Waals surface area contributed by atoms with Crippen molar-refractivity contribution in [2.24, 2.45) is 0 Å². The first-order valence-corrected chi connectivity index (χ1v) is 17.7. The zero-order chi connectivity index (χ0) is 32.7. The van der Waals surface area contributed by atoms with Crippen LogP contribution in [0.5, 0.6) is 11.5 Å². The molecule has 2 heterocycles. The molecule has 0 amide bonds. The van der Waals surface area contributed by atoms with Crippen molar-refractivity contribution in [2.45, 2.75) is 34.5 Å². The average molecular weight is 648 g/mol. The van der Waals surface area contributed by atoms with E-state index in [0.717, 1.165) is 28.6 Å². The van der Waals surface area contributed by atoms with Gasteiger partial charge in [0.2, 0.25) is 0 Å². The Hall–Kier alpha value is -5.51. The van der Waals surface area contributed by atoms with Crippen LogP contribution in [0.4, 0.5) is 17.1 Å². The van der Waals surface area contributed by atoms with Crippen molar-refractivity contribution >= 4 is 28.8 Å². The van der Waals surface area contributed by atoms with Gasteiger partial charge in [-0.05, 0) is 88.0 Å². The number of hydrogen-bond donors (Lipinski definition) is 0. The van der Waals surface area contributed by atoms with Gasteiger partial charge < -0.3 is 9.64 Å². The topological polar surface area (TPSA) is 12.5 Å². The smallest absolute Gasteiger partial charge is 0.131 e. The SMILES string of the molecule is CC1(C)c2ccccc2Oc2ccc(N(c3ccccc3)c3ccc4c(c3)Sc3ccccc3C43c4ccccc4-c4ccccc43)cc21. The van der Waals surface area contributed by atoms with Gasteiger partial charge in [-0.1, -0.05) is 135 Å². The Morgan fingerprint density at radius 3 is 1.73 bits per heavy atom. The van der Waals surface area contributed by atoms with Gasteiger partial charge in [-0.2, -0.15) is 0 Å². The average Bonchev–Trinajstić information content (AvgIpc) is 3.43. The van der Waals surface area contributed by atoms with Crippen LogP contribution in [-0.4, -0.2) is 0 Å². The lowest BCUT2D eigenvalue weighted by Crippen LogP contribution is -2.32. The molecule has 0 bridgehead atoms. The van der Waals surface area contributed by atoms with Gasteiger partial charge in [-0.3, -0.25) is 0 Å². The van der Waals surface area contributed by atoms with E-state index in [0.29, 0.717) is 0 Å². The number of anilines is 3. The van der Waals surface area contributed by atoms with E-state index in [1.54, 1.807) is 0 Å². The highest BCUT2D eigenvalue weighted by Gasteiger charge is 2.50. The van der Waals surface area contributed by atoms with Gasteiger partial charge >= 0.3 is 0 Å². The molecule has 1 spiro atoms. The highest BCUT2D eigenvalue weighted by Crippen LogP contribution is 2.62. The molecule has 0 unspecified atom stereocenters. The van der Waals surface area contributed by atoms with Crippen LogP contribution in [0.15, 0.2) is 174 Å². The molecule has 7 aromatic rings. The summed E-state index contributed by atoms with van der Waals surface area (Å²) >= 11 is 1.88. The second-order valence-corrected chi connectivity index (χ2v) is 14.8. The molecule has 0 N–H and O–H groups in total. The van der Waals surface area contributed by atoms with Crippen molar-refractivity contribution in [3.05, 3.63) is 197 Å². The van der Waals surface area contributed by atoms with Crippen molar-refractivity contribution in [1.29, 1.82) is 0 Å². The minimum absolute atomic E-state index is 0.215. The van der Waals surface area contributed by atoms with Crippen LogP contribution in [-0.2, 0) is 10.8 Å². The van der Waals surface area contributed by atoms with E-state index in [4.69, 9.17) is 4.74 Å². The maximum absolute atomic E-state index is 6.46. The minimum Gasteiger partial charge on any atom is -0.457 e. The van der Waals surface area contributed by atoms with Gasteiger partial charge in [0.1, 0.15) is 11.5 Å². The lowest BCUT2D eigenvalue weighted by atomic mass is 9.67. The Bertz CT molecular complexity index is 2400. The third-order valence-electron chi connectivity index (χ3n) is 10.8. The first-order chi connectivity index (χ1) is 24.0. The number of para-hydroxylation sites is 2. The zero-order valence-electron chi connectivity index (χ0n) is 27.4. The van der Waals surface area contributed by atoms with Crippen LogP contribution in [0.1, 0.15) is 47.2 Å². The summed E-state index contributed by atoms with van der Waals surface area (Å²) in [4.78, 5) is 4.97. The van der Waals surface area contributed by atoms with Gasteiger partial charge in [0.15, 0.2) is 0 Å². The number of fused-ring (bicyclic) bond motifs is 11. The molecule has 3 aliphatic rings. The van der Waals surface area contributed by atoms with E-state index >= 15 is 0 Å². The number of ether oxygens (including phenoxy) is 1. The largest absolute Gasteiger partial charge is 0.457 e. The molecule has 0 atom stereocenters. The fourth-order valence-electron chi connectivity index (χ4n) is 8.58. The van der Waals surface area contributed by atoms with Crippen molar-refractivity contribution in [3.8, 4) is 22.6 Å². The molecule has 2 aliphatic heterocycles. The quantitative estimate of drug-likeness (QED) is 0.189. The molecule has 0 radical (unpaired) electrons. The number of rotatable bonds is 3. The fraction of sp³-hybridized carbons (Fsp3) is 0.0870. The molecule has 49 heavy (non-hydrogen) atoms. The van der Waals surface area contributed by atoms with Crippen LogP contribution < -0.4 is 9.64 Å². The summed E-state index contributed by atoms with van der Waals surface area (Å²) in [6.45, 7) is 4.60. The Balaban J connectivity index is 1.18. The monoisotopic (exact) mass is 647 g/mol. The summed E-state index contributed by atoms with van der Waals surface area (Å²) in [6.07, 6.45) is 0. The van der Waals surface area contributed by atoms with Gasteiger partial charge in [0.25, 0.3) is 0 Å². The molecule has 0 saturated heterocycles. The molecule has 0 saturated carbocycles. The van der Waals surface area contributed by atoms with Crippen LogP contribution in [0.2, 0.25) is 0 Å². The molecule has 234 valence electrons. The van der Waals surface area contributed by atoms with Crippen LogP contribution in [0.25, 0.3) is 11.1 Å². The van der Waals surface area contributed by atoms with Gasteiger partial charge in [-0.15, -0.1) is 0 Å². The summed E-state index contributed by atoms with van der Waals surface area (Å²) < 4.78 is 6.46. The normalized spacial score (nSPS) is 15.1. The predicted molar refractivity (Wildman–Crippen MR) is 201 cm³/mol. The second-order valence-electron chi connectivity index (χ2n) is 13.7. The van der Waals surface area contributed by atoms with E-state index in [1.807, 2.05) is 17.8 Å². The van der Waals surface area contributed by atoms with Crippen LogP contribution in [0, 0.1) is 0 Å². The summed E-state index contributed by atoms with van der Waals surface area (Å²) in [6, 6.07) is 59.9. The van der Waals surface area contributed by atoms with Crippen molar-refractivity contribution in [1.82, 2.24) is 0 Å². The molecule has 3 heteroatoms. The maximum Gasteiger partial charge on any atom is 0.131 e. The summed E-state index contributed by atoms with van der Waals surface area (Å²) in [7, 11) is 0. The van der Waals surface area contributed by atoms with E-state index in [2.05, 4.69) is 176 Å². The summed E-state index contributed by atoms with van der Waals surface area (Å²) in [5.41, 5.74) is 13.2. The van der Waals surface area contributed by atoms with E-state index in [1.165, 1.54) is 54.3 Å². The Labute approximate surface area is 291 Å². The van der Waals surface area contributed by atoms with Crippen molar-refractivity contribution in [3.63, 3.8) is 0 Å². The van der Waals surface area contributed by atoms with Crippen molar-refractivity contribution in [2.75, 3.05) is 4.90 Å². The molecular formula is C46H33NOS. The van der Waals surface area contributed by atoms with E-state index < -0.39 is 0 Å². The number of hydrogen-bond acceptors (Lipinski definition) is 3. The summed E-state index contributed by atoms with van der Waals surface area (Å²) in [5, 5.41) is 0. The van der Waals surface area contributed by atoms with Crippen molar-refractivity contribution < 1.29 is 4.74 Å². The molecule has 2 nitrogen and oxygen atoms in total. The lowest BCUT2D eigenvalue weighted by molar-refractivity contribution is 0.418. The first kappa shape index (κ1) is 28.5. The predicted octanol–water partition coefficient (Wildman–Crippen LogP) is 12.4. The number of benzene rings is 7. The second kappa shape index (κ2) is 10.5. The Kier molecular flexibility index (Phi) is 6.10. The fourth-order valence-corrected chi connectivity index (χ4v) is 9.81. The van der Waals surface area contributed by atoms with Gasteiger partial charge in [0, 0.05) is 43.4 Å². The Morgan fingerprint density at radius 1 is 0.429 bits per heavy atom. The molecule has 1 aliphatic carbocycles. The molecule has 7 aromatic carbocycles. The van der Waals surface area contributed by atoms with Gasteiger partial charge in [0.05, 0.1) is 5.41 Å². The lowest BCUT2D eigenvalue weighted by Gasteiger charge is -2.40. The summed E-state index contributed by atoms with van der Waals surface area (Å²) in [5.74, 6) is 1.85. The third-order valence-corrected chi connectivity index (χ3v) is 11.9. The van der Waals surface area contributed by atoms with Crippen LogP contribution in [0.3, 0.4) is 0 Å². The van der Waals surface area contributed by atoms with Crippen LogP contribution >= 0.6 is 11.8 Å². The third kappa shape index (κ3) is 3.97. The molecule has 10 rings (SSSR count). The highest BCUT2D eigenvalue weighted by molar-refractivity contribution is 7.99. The number of nitrogens with zero attached hydrogens (tertiary/aromatic N) is 1.